The largest absolute Gasteiger partial charge is 0.495 e. The Bertz CT molecular complexity index is 311. The highest BCUT2D eigenvalue weighted by molar-refractivity contribution is 6.34. The molecule has 2 nitrogen and oxygen atoms in total. The first kappa shape index (κ1) is 10.6. The van der Waals surface area contributed by atoms with Gasteiger partial charge in [0.05, 0.1) is 23.3 Å². The molecule has 4 heteroatoms. The summed E-state index contributed by atoms with van der Waals surface area (Å²) < 4.78 is 4.96. The number of methoxy groups -OCH3 is 1. The van der Waals surface area contributed by atoms with Crippen LogP contribution in [-0.2, 0) is 0 Å². The Hall–Kier alpha value is -0.440. The molecule has 1 aromatic rings. The van der Waals surface area contributed by atoms with Crippen molar-refractivity contribution in [1.29, 1.82) is 0 Å². The molecule has 13 heavy (non-hydrogen) atoms. The van der Waals surface area contributed by atoms with E-state index in [-0.39, 0.29) is 0 Å². The molecule has 0 saturated heterocycles. The molecule has 0 amide bonds. The molecule has 0 bridgehead atoms. The van der Waals surface area contributed by atoms with E-state index >= 15 is 0 Å². The first-order valence-corrected chi connectivity index (χ1v) is 4.53. The van der Waals surface area contributed by atoms with Crippen molar-refractivity contribution in [3.63, 3.8) is 0 Å². The lowest BCUT2D eigenvalue weighted by Crippen LogP contribution is -1.94. The molecule has 1 aromatic carbocycles. The van der Waals surface area contributed by atoms with E-state index in [1.165, 1.54) is 7.11 Å². The average Bonchev–Trinajstić information content (AvgIpc) is 2.07. The van der Waals surface area contributed by atoms with Gasteiger partial charge >= 0.3 is 0 Å². The fourth-order valence-corrected chi connectivity index (χ4v) is 1.58. The summed E-state index contributed by atoms with van der Waals surface area (Å²) in [5, 5.41) is 10.2. The van der Waals surface area contributed by atoms with E-state index in [2.05, 4.69) is 0 Å². The van der Waals surface area contributed by atoms with Gasteiger partial charge in [0.1, 0.15) is 5.75 Å². The molecule has 0 aliphatic rings. The van der Waals surface area contributed by atoms with Crippen molar-refractivity contribution in [2.75, 3.05) is 7.11 Å². The van der Waals surface area contributed by atoms with Crippen LogP contribution >= 0.6 is 23.2 Å². The predicted octanol–water partition coefficient (Wildman–Crippen LogP) is 3.06. The molecule has 1 atom stereocenters. The minimum atomic E-state index is -0.629. The SMILES string of the molecule is COc1cc(Cl)c(C(C)O)cc1Cl. The third-order valence-corrected chi connectivity index (χ3v) is 2.34. The minimum absolute atomic E-state index is 0.447. The first-order chi connectivity index (χ1) is 6.06. The molecule has 0 heterocycles. The van der Waals surface area contributed by atoms with Crippen LogP contribution < -0.4 is 4.74 Å². The van der Waals surface area contributed by atoms with Crippen LogP contribution in [0.5, 0.6) is 5.75 Å². The Balaban J connectivity index is 3.20. The highest BCUT2D eigenvalue weighted by Gasteiger charge is 2.10. The highest BCUT2D eigenvalue weighted by atomic mass is 35.5. The maximum atomic E-state index is 9.31. The molecule has 1 unspecified atom stereocenters. The average molecular weight is 221 g/mol. The molecule has 0 saturated carbocycles. The Labute approximate surface area is 87.0 Å². The topological polar surface area (TPSA) is 29.5 Å². The van der Waals surface area contributed by atoms with Gasteiger partial charge in [0, 0.05) is 11.6 Å². The molecular formula is C9H10Cl2O2. The lowest BCUT2D eigenvalue weighted by molar-refractivity contribution is 0.199. The molecule has 0 aromatic heterocycles. The van der Waals surface area contributed by atoms with Crippen molar-refractivity contribution >= 4 is 23.2 Å². The van der Waals surface area contributed by atoms with Gasteiger partial charge in [-0.3, -0.25) is 0 Å². The second-order valence-electron chi connectivity index (χ2n) is 2.68. The Kier molecular flexibility index (Phi) is 3.42. The van der Waals surface area contributed by atoms with Crippen LogP contribution in [0.2, 0.25) is 10.0 Å². The van der Waals surface area contributed by atoms with Gasteiger partial charge in [0.15, 0.2) is 0 Å². The quantitative estimate of drug-likeness (QED) is 0.831. The van der Waals surface area contributed by atoms with Crippen LogP contribution in [0, 0.1) is 0 Å². The molecule has 0 aliphatic heterocycles. The van der Waals surface area contributed by atoms with Crippen molar-refractivity contribution in [3.05, 3.63) is 27.7 Å². The van der Waals surface area contributed by atoms with E-state index in [1.54, 1.807) is 19.1 Å². The molecule has 0 aliphatic carbocycles. The van der Waals surface area contributed by atoms with Gasteiger partial charge in [-0.05, 0) is 13.0 Å². The van der Waals surface area contributed by atoms with Crippen LogP contribution in [0.25, 0.3) is 0 Å². The number of benzene rings is 1. The zero-order chi connectivity index (χ0) is 10.0. The standard InChI is InChI=1S/C9H10Cl2O2/c1-5(12)6-3-8(11)9(13-2)4-7(6)10/h3-5,12H,1-2H3. The number of aliphatic hydroxyl groups is 1. The van der Waals surface area contributed by atoms with Crippen molar-refractivity contribution < 1.29 is 9.84 Å². The summed E-state index contributed by atoms with van der Waals surface area (Å²) in [6.07, 6.45) is -0.629. The number of halogens is 2. The van der Waals surface area contributed by atoms with Gasteiger partial charge in [0.25, 0.3) is 0 Å². The van der Waals surface area contributed by atoms with Crippen LogP contribution in [-0.4, -0.2) is 12.2 Å². The van der Waals surface area contributed by atoms with E-state index in [0.717, 1.165) is 0 Å². The minimum Gasteiger partial charge on any atom is -0.495 e. The maximum Gasteiger partial charge on any atom is 0.138 e. The fourth-order valence-electron chi connectivity index (χ4n) is 1.02. The maximum absolute atomic E-state index is 9.31. The lowest BCUT2D eigenvalue weighted by atomic mass is 10.1. The molecular weight excluding hydrogens is 211 g/mol. The normalized spacial score (nSPS) is 12.7. The summed E-state index contributed by atoms with van der Waals surface area (Å²) >= 11 is 11.7. The van der Waals surface area contributed by atoms with E-state index in [4.69, 9.17) is 27.9 Å². The first-order valence-electron chi connectivity index (χ1n) is 3.77. The Morgan fingerprint density at radius 1 is 1.31 bits per heavy atom. The van der Waals surface area contributed by atoms with Crippen molar-refractivity contribution in [2.45, 2.75) is 13.0 Å². The second-order valence-corrected chi connectivity index (χ2v) is 3.50. The Morgan fingerprint density at radius 2 is 1.92 bits per heavy atom. The van der Waals surface area contributed by atoms with E-state index < -0.39 is 6.10 Å². The fraction of sp³-hybridized carbons (Fsp3) is 0.333. The molecule has 1 N–H and O–H groups in total. The summed E-state index contributed by atoms with van der Waals surface area (Å²) in [6.45, 7) is 1.63. The highest BCUT2D eigenvalue weighted by Crippen LogP contribution is 2.33. The lowest BCUT2D eigenvalue weighted by Gasteiger charge is -2.10. The van der Waals surface area contributed by atoms with Gasteiger partial charge in [-0.2, -0.15) is 0 Å². The Morgan fingerprint density at radius 3 is 2.38 bits per heavy atom. The second kappa shape index (κ2) is 4.18. The number of rotatable bonds is 2. The molecule has 0 radical (unpaired) electrons. The van der Waals surface area contributed by atoms with E-state index in [9.17, 15) is 5.11 Å². The number of ether oxygens (including phenoxy) is 1. The van der Waals surface area contributed by atoms with Crippen LogP contribution in [0.15, 0.2) is 12.1 Å². The third-order valence-electron chi connectivity index (χ3n) is 1.72. The number of aliphatic hydroxyl groups excluding tert-OH is 1. The summed E-state index contributed by atoms with van der Waals surface area (Å²) in [5.41, 5.74) is 0.604. The van der Waals surface area contributed by atoms with Gasteiger partial charge in [-0.15, -0.1) is 0 Å². The molecule has 1 rings (SSSR count). The van der Waals surface area contributed by atoms with Crippen molar-refractivity contribution in [2.24, 2.45) is 0 Å². The zero-order valence-electron chi connectivity index (χ0n) is 7.34. The summed E-state index contributed by atoms with van der Waals surface area (Å²) in [7, 11) is 1.51. The summed E-state index contributed by atoms with van der Waals surface area (Å²) in [5.74, 6) is 0.510. The summed E-state index contributed by atoms with van der Waals surface area (Å²) in [4.78, 5) is 0. The summed E-state index contributed by atoms with van der Waals surface area (Å²) in [6, 6.07) is 3.19. The molecule has 0 fully saturated rings. The number of hydrogen-bond acceptors (Lipinski definition) is 2. The monoisotopic (exact) mass is 220 g/mol. The molecule has 72 valence electrons. The third kappa shape index (κ3) is 2.27. The smallest absolute Gasteiger partial charge is 0.138 e. The van der Waals surface area contributed by atoms with Gasteiger partial charge < -0.3 is 9.84 Å². The van der Waals surface area contributed by atoms with Crippen molar-refractivity contribution in [1.82, 2.24) is 0 Å². The van der Waals surface area contributed by atoms with E-state index in [0.29, 0.717) is 21.4 Å². The van der Waals surface area contributed by atoms with Gasteiger partial charge in [0.2, 0.25) is 0 Å². The van der Waals surface area contributed by atoms with Crippen LogP contribution in [0.1, 0.15) is 18.6 Å². The van der Waals surface area contributed by atoms with E-state index in [1.807, 2.05) is 0 Å². The van der Waals surface area contributed by atoms with Gasteiger partial charge in [-0.1, -0.05) is 23.2 Å². The zero-order valence-corrected chi connectivity index (χ0v) is 8.86. The predicted molar refractivity (Wildman–Crippen MR) is 53.6 cm³/mol. The molecule has 0 spiro atoms. The van der Waals surface area contributed by atoms with Crippen LogP contribution in [0.4, 0.5) is 0 Å². The number of hydrogen-bond donors (Lipinski definition) is 1. The van der Waals surface area contributed by atoms with Crippen molar-refractivity contribution in [3.8, 4) is 5.75 Å². The van der Waals surface area contributed by atoms with Gasteiger partial charge in [-0.25, -0.2) is 0 Å². The van der Waals surface area contributed by atoms with Crippen LogP contribution in [0.3, 0.4) is 0 Å².